The van der Waals surface area contributed by atoms with Gasteiger partial charge in [0.25, 0.3) is 5.91 Å². The van der Waals surface area contributed by atoms with Crippen molar-refractivity contribution in [1.82, 2.24) is 34.6 Å². The molecule has 1 fully saturated rings. The molecule has 0 radical (unpaired) electrons. The summed E-state index contributed by atoms with van der Waals surface area (Å²) in [6.45, 7) is 3.02. The van der Waals surface area contributed by atoms with Crippen molar-refractivity contribution >= 4 is 17.4 Å². The van der Waals surface area contributed by atoms with E-state index in [0.717, 1.165) is 36.4 Å². The summed E-state index contributed by atoms with van der Waals surface area (Å²) in [5, 5.41) is 2.92. The number of hydrogen-bond acceptors (Lipinski definition) is 7. The molecule has 9 nitrogen and oxygen atoms in total. The summed E-state index contributed by atoms with van der Waals surface area (Å²) in [4.78, 5) is 37.3. The van der Waals surface area contributed by atoms with Gasteiger partial charge in [0, 0.05) is 31.3 Å². The highest BCUT2D eigenvalue weighted by molar-refractivity contribution is 5.99. The van der Waals surface area contributed by atoms with Crippen LogP contribution in [-0.4, -0.2) is 41.8 Å². The molecule has 0 unspecified atom stereocenters. The molecule has 1 atom stereocenters. The van der Waals surface area contributed by atoms with E-state index in [2.05, 4.69) is 30.2 Å². The third kappa shape index (κ3) is 3.70. The molecule has 1 amide bonds. The molecule has 156 valence electrons. The van der Waals surface area contributed by atoms with Crippen LogP contribution in [0.5, 0.6) is 0 Å². The topological polar surface area (TPSA) is 101 Å². The summed E-state index contributed by atoms with van der Waals surface area (Å²) in [7, 11) is 0. The number of amides is 1. The molecule has 31 heavy (non-hydrogen) atoms. The van der Waals surface area contributed by atoms with Crippen molar-refractivity contribution in [2.45, 2.75) is 32.4 Å². The van der Waals surface area contributed by atoms with Crippen LogP contribution in [0, 0.1) is 6.92 Å². The van der Waals surface area contributed by atoms with Crippen LogP contribution in [0.2, 0.25) is 0 Å². The van der Waals surface area contributed by atoms with E-state index in [0.29, 0.717) is 23.9 Å². The lowest BCUT2D eigenvalue weighted by molar-refractivity contribution is 0.0947. The lowest BCUT2D eigenvalue weighted by atomic mass is 10.2. The zero-order valence-electron chi connectivity index (χ0n) is 17.1. The number of fused-ring (bicyclic) bond motifs is 1. The SMILES string of the molecule is Cc1cnc(CNC(=O)c2nc([C@@H]3CCCN3c3ncccn3)n3ccccc23)cn1. The maximum Gasteiger partial charge on any atom is 0.272 e. The van der Waals surface area contributed by atoms with Crippen molar-refractivity contribution in [1.29, 1.82) is 0 Å². The summed E-state index contributed by atoms with van der Waals surface area (Å²) in [5.41, 5.74) is 2.71. The van der Waals surface area contributed by atoms with Gasteiger partial charge in [0.1, 0.15) is 5.82 Å². The average molecular weight is 414 g/mol. The number of carbonyl (C=O) groups excluding carboxylic acids is 1. The summed E-state index contributed by atoms with van der Waals surface area (Å²) in [5.74, 6) is 1.26. The standard InChI is InChI=1S/C22H22N8O/c1-15-12-26-16(13-25-15)14-27-21(31)19-17-6-2-3-10-29(17)20(28-19)18-7-4-11-30(18)22-23-8-5-9-24-22/h2-3,5-6,8-10,12-13,18H,4,7,11,14H2,1H3,(H,27,31)/t18-/m0/s1. The van der Waals surface area contributed by atoms with Gasteiger partial charge < -0.3 is 14.6 Å². The van der Waals surface area contributed by atoms with E-state index in [1.54, 1.807) is 30.9 Å². The predicted octanol–water partition coefficient (Wildman–Crippen LogP) is 2.49. The van der Waals surface area contributed by atoms with Crippen LogP contribution < -0.4 is 10.2 Å². The Morgan fingerprint density at radius 2 is 2.00 bits per heavy atom. The number of pyridine rings is 1. The molecular formula is C22H22N8O. The monoisotopic (exact) mass is 414 g/mol. The molecular weight excluding hydrogens is 392 g/mol. The first-order valence-corrected chi connectivity index (χ1v) is 10.3. The largest absolute Gasteiger partial charge is 0.345 e. The molecule has 9 heteroatoms. The van der Waals surface area contributed by atoms with E-state index < -0.39 is 0 Å². The molecule has 0 saturated carbocycles. The minimum atomic E-state index is -0.238. The number of hydrogen-bond donors (Lipinski definition) is 1. The molecule has 4 aromatic rings. The van der Waals surface area contributed by atoms with Gasteiger partial charge in [-0.1, -0.05) is 6.07 Å². The quantitative estimate of drug-likeness (QED) is 0.535. The second-order valence-corrected chi connectivity index (χ2v) is 7.51. The van der Waals surface area contributed by atoms with E-state index in [1.165, 1.54) is 0 Å². The molecule has 0 aromatic carbocycles. The fraction of sp³-hybridized carbons (Fsp3) is 0.273. The van der Waals surface area contributed by atoms with Crippen molar-refractivity contribution in [3.8, 4) is 0 Å². The van der Waals surface area contributed by atoms with E-state index >= 15 is 0 Å². The number of carbonyl (C=O) groups is 1. The first-order valence-electron chi connectivity index (χ1n) is 10.3. The zero-order chi connectivity index (χ0) is 21.2. The van der Waals surface area contributed by atoms with Crippen molar-refractivity contribution in [2.75, 3.05) is 11.4 Å². The van der Waals surface area contributed by atoms with E-state index in [1.807, 2.05) is 35.7 Å². The molecule has 1 aliphatic heterocycles. The molecule has 0 aliphatic carbocycles. The van der Waals surface area contributed by atoms with Gasteiger partial charge in [0.15, 0.2) is 5.69 Å². The van der Waals surface area contributed by atoms with Gasteiger partial charge in [-0.2, -0.15) is 0 Å². The third-order valence-electron chi connectivity index (χ3n) is 5.42. The van der Waals surface area contributed by atoms with Crippen molar-refractivity contribution in [2.24, 2.45) is 0 Å². The second-order valence-electron chi connectivity index (χ2n) is 7.51. The summed E-state index contributed by atoms with van der Waals surface area (Å²) in [6.07, 6.45) is 10.7. The van der Waals surface area contributed by atoms with E-state index in [-0.39, 0.29) is 11.9 Å². The number of nitrogens with one attached hydrogen (secondary N) is 1. The Morgan fingerprint density at radius 3 is 2.81 bits per heavy atom. The Labute approximate surface area is 179 Å². The minimum absolute atomic E-state index is 0.00168. The lowest BCUT2D eigenvalue weighted by Crippen LogP contribution is -2.26. The second kappa shape index (κ2) is 8.10. The van der Waals surface area contributed by atoms with Crippen LogP contribution >= 0.6 is 0 Å². The smallest absolute Gasteiger partial charge is 0.272 e. The normalized spacial score (nSPS) is 16.0. The van der Waals surface area contributed by atoms with Crippen LogP contribution in [0.1, 0.15) is 46.6 Å². The Bertz CT molecular complexity index is 1210. The van der Waals surface area contributed by atoms with Gasteiger partial charge in [0.2, 0.25) is 5.95 Å². The number of rotatable bonds is 5. The maximum absolute atomic E-state index is 13.0. The Hall–Kier alpha value is -3.88. The molecule has 1 saturated heterocycles. The van der Waals surface area contributed by atoms with Crippen molar-refractivity contribution in [3.05, 3.63) is 78.2 Å². The Balaban J connectivity index is 1.45. The van der Waals surface area contributed by atoms with Gasteiger partial charge in [-0.05, 0) is 38.0 Å². The average Bonchev–Trinajstić information content (AvgIpc) is 3.44. The first kappa shape index (κ1) is 19.1. The Morgan fingerprint density at radius 1 is 1.13 bits per heavy atom. The van der Waals surface area contributed by atoms with Gasteiger partial charge in [0.05, 0.1) is 35.7 Å². The summed E-state index contributed by atoms with van der Waals surface area (Å²) >= 11 is 0. The fourth-order valence-corrected chi connectivity index (χ4v) is 3.94. The van der Waals surface area contributed by atoms with Crippen LogP contribution in [-0.2, 0) is 6.54 Å². The number of aromatic nitrogens is 6. The molecule has 5 rings (SSSR count). The number of nitrogens with zero attached hydrogens (tertiary/aromatic N) is 7. The molecule has 1 aliphatic rings. The summed E-state index contributed by atoms with van der Waals surface area (Å²) in [6, 6.07) is 7.58. The first-order chi connectivity index (χ1) is 15.2. The lowest BCUT2D eigenvalue weighted by Gasteiger charge is -2.23. The minimum Gasteiger partial charge on any atom is -0.345 e. The third-order valence-corrected chi connectivity index (χ3v) is 5.42. The van der Waals surface area contributed by atoms with Gasteiger partial charge in [-0.25, -0.2) is 15.0 Å². The maximum atomic E-state index is 13.0. The number of anilines is 1. The van der Waals surface area contributed by atoms with Crippen molar-refractivity contribution < 1.29 is 4.79 Å². The Kier molecular flexibility index (Phi) is 4.99. The van der Waals surface area contributed by atoms with E-state index in [4.69, 9.17) is 4.98 Å². The predicted molar refractivity (Wildman–Crippen MR) is 114 cm³/mol. The zero-order valence-corrected chi connectivity index (χ0v) is 17.1. The number of imidazole rings is 1. The molecule has 0 spiro atoms. The van der Waals surface area contributed by atoms with Gasteiger partial charge in [-0.3, -0.25) is 14.8 Å². The molecule has 4 aromatic heterocycles. The molecule has 0 bridgehead atoms. The highest BCUT2D eigenvalue weighted by Gasteiger charge is 2.32. The van der Waals surface area contributed by atoms with Gasteiger partial charge >= 0.3 is 0 Å². The van der Waals surface area contributed by atoms with Gasteiger partial charge in [-0.15, -0.1) is 0 Å². The van der Waals surface area contributed by atoms with Crippen LogP contribution in [0.3, 0.4) is 0 Å². The molecule has 1 N–H and O–H groups in total. The van der Waals surface area contributed by atoms with Crippen molar-refractivity contribution in [3.63, 3.8) is 0 Å². The van der Waals surface area contributed by atoms with Crippen LogP contribution in [0.4, 0.5) is 5.95 Å². The highest BCUT2D eigenvalue weighted by atomic mass is 16.1. The summed E-state index contributed by atoms with van der Waals surface area (Å²) < 4.78 is 1.99. The van der Waals surface area contributed by atoms with Crippen LogP contribution in [0.15, 0.2) is 55.2 Å². The number of aryl methyl sites for hydroxylation is 1. The molecule has 5 heterocycles. The van der Waals surface area contributed by atoms with E-state index in [9.17, 15) is 4.79 Å². The van der Waals surface area contributed by atoms with Crippen LogP contribution in [0.25, 0.3) is 5.52 Å². The highest BCUT2D eigenvalue weighted by Crippen LogP contribution is 2.34. The fourth-order valence-electron chi connectivity index (χ4n) is 3.94.